The van der Waals surface area contributed by atoms with E-state index in [-0.39, 0.29) is 0 Å². The summed E-state index contributed by atoms with van der Waals surface area (Å²) in [6.45, 7) is 6.61. The third-order valence-electron chi connectivity index (χ3n) is 4.90. The fourth-order valence-corrected chi connectivity index (χ4v) is 3.64. The molecule has 0 aliphatic carbocycles. The second-order valence-corrected chi connectivity index (χ2v) is 5.89. The number of nitrogens with two attached hydrogens (primary N) is 1. The van der Waals surface area contributed by atoms with Gasteiger partial charge < -0.3 is 15.8 Å². The van der Waals surface area contributed by atoms with Crippen molar-refractivity contribution in [2.24, 2.45) is 17.6 Å². The number of likely N-dealkylation sites (tertiary alicyclic amines) is 1. The number of hydrogen-bond acceptors (Lipinski definition) is 4. The zero-order chi connectivity index (χ0) is 11.7. The van der Waals surface area contributed by atoms with E-state index < -0.39 is 0 Å². The molecule has 3 fully saturated rings. The van der Waals surface area contributed by atoms with Crippen LogP contribution in [0.4, 0.5) is 0 Å². The molecule has 98 valence electrons. The zero-order valence-electron chi connectivity index (χ0n) is 10.6. The minimum Gasteiger partial charge on any atom is -0.378 e. The van der Waals surface area contributed by atoms with E-state index >= 15 is 0 Å². The fourth-order valence-electron chi connectivity index (χ4n) is 3.64. The molecule has 2 unspecified atom stereocenters. The maximum absolute atomic E-state index is 6.25. The van der Waals surface area contributed by atoms with Gasteiger partial charge in [-0.15, -0.1) is 0 Å². The first-order chi connectivity index (χ1) is 8.34. The zero-order valence-corrected chi connectivity index (χ0v) is 10.6. The highest BCUT2D eigenvalue weighted by molar-refractivity contribution is 4.90. The number of nitrogens with zero attached hydrogens (tertiary/aromatic N) is 1. The van der Waals surface area contributed by atoms with Crippen LogP contribution in [-0.2, 0) is 4.74 Å². The molecule has 0 bridgehead atoms. The van der Waals surface area contributed by atoms with Crippen LogP contribution in [0, 0.1) is 11.8 Å². The van der Waals surface area contributed by atoms with Crippen LogP contribution < -0.4 is 11.1 Å². The summed E-state index contributed by atoms with van der Waals surface area (Å²) >= 11 is 0. The summed E-state index contributed by atoms with van der Waals surface area (Å²) in [4.78, 5) is 2.62. The lowest BCUT2D eigenvalue weighted by molar-refractivity contribution is -0.0767. The Hall–Kier alpha value is -0.160. The van der Waals surface area contributed by atoms with Gasteiger partial charge in [0.2, 0.25) is 0 Å². The van der Waals surface area contributed by atoms with Crippen molar-refractivity contribution < 1.29 is 4.74 Å². The highest BCUT2D eigenvalue weighted by Gasteiger charge is 2.35. The Morgan fingerprint density at radius 3 is 2.47 bits per heavy atom. The number of piperidine rings is 2. The molecule has 2 atom stereocenters. The molecule has 0 saturated carbocycles. The predicted octanol–water partition coefficient (Wildman–Crippen LogP) is 0.0340. The quantitative estimate of drug-likeness (QED) is 0.714. The predicted molar refractivity (Wildman–Crippen MR) is 67.9 cm³/mol. The molecule has 3 saturated heterocycles. The lowest BCUT2D eigenvalue weighted by Gasteiger charge is -2.44. The average Bonchev–Trinajstić information content (AvgIpc) is 2.29. The number of hydrogen-bond donors (Lipinski definition) is 2. The highest BCUT2D eigenvalue weighted by Crippen LogP contribution is 2.31. The van der Waals surface area contributed by atoms with E-state index in [2.05, 4.69) is 10.2 Å². The van der Waals surface area contributed by atoms with Crippen molar-refractivity contribution in [3.63, 3.8) is 0 Å². The van der Waals surface area contributed by atoms with Crippen molar-refractivity contribution >= 4 is 0 Å². The Morgan fingerprint density at radius 1 is 1.12 bits per heavy atom. The first-order valence-electron chi connectivity index (χ1n) is 7.12. The summed E-state index contributed by atoms with van der Waals surface area (Å²) in [7, 11) is 0. The molecule has 4 nitrogen and oxygen atoms in total. The summed E-state index contributed by atoms with van der Waals surface area (Å²) in [5.74, 6) is 1.63. The van der Waals surface area contributed by atoms with Crippen LogP contribution in [0.2, 0.25) is 0 Å². The molecule has 3 rings (SSSR count). The first kappa shape index (κ1) is 11.9. The topological polar surface area (TPSA) is 50.5 Å². The number of rotatable bonds is 2. The molecule has 0 radical (unpaired) electrons. The fraction of sp³-hybridized carbons (Fsp3) is 1.00. The van der Waals surface area contributed by atoms with Crippen LogP contribution in [0.5, 0.6) is 0 Å². The van der Waals surface area contributed by atoms with Crippen LogP contribution in [0.25, 0.3) is 0 Å². The van der Waals surface area contributed by atoms with Gasteiger partial charge in [0.25, 0.3) is 0 Å². The molecule has 0 aromatic rings. The van der Waals surface area contributed by atoms with Crippen molar-refractivity contribution in [1.29, 1.82) is 0 Å². The second-order valence-electron chi connectivity index (χ2n) is 5.89. The molecule has 4 heteroatoms. The molecule has 3 heterocycles. The van der Waals surface area contributed by atoms with Crippen LogP contribution in [0.1, 0.15) is 19.3 Å². The van der Waals surface area contributed by atoms with E-state index in [0.717, 1.165) is 44.2 Å². The normalized spacial score (nSPS) is 37.9. The molecule has 0 amide bonds. The third kappa shape index (κ3) is 2.50. The monoisotopic (exact) mass is 239 g/mol. The van der Waals surface area contributed by atoms with Crippen LogP contribution >= 0.6 is 0 Å². The van der Waals surface area contributed by atoms with E-state index in [9.17, 15) is 0 Å². The molecule has 3 N–H and O–H groups in total. The summed E-state index contributed by atoms with van der Waals surface area (Å²) < 4.78 is 5.28. The molecular formula is C13H25N3O. The van der Waals surface area contributed by atoms with Crippen LogP contribution in [0.15, 0.2) is 0 Å². The van der Waals surface area contributed by atoms with E-state index in [1.807, 2.05) is 0 Å². The molecule has 3 aliphatic heterocycles. The Bertz CT molecular complexity index is 249. The van der Waals surface area contributed by atoms with Gasteiger partial charge in [0.05, 0.1) is 19.3 Å². The van der Waals surface area contributed by atoms with Gasteiger partial charge in [-0.1, -0.05) is 0 Å². The average molecular weight is 239 g/mol. The SMILES string of the molecule is NC1CNCCC1C1CCN(C2COC2)CC1. The van der Waals surface area contributed by atoms with Crippen molar-refractivity contribution in [3.05, 3.63) is 0 Å². The van der Waals surface area contributed by atoms with Crippen molar-refractivity contribution in [1.82, 2.24) is 10.2 Å². The molecule has 0 spiro atoms. The van der Waals surface area contributed by atoms with Gasteiger partial charge in [-0.3, -0.25) is 4.90 Å². The lowest BCUT2D eigenvalue weighted by atomic mass is 9.76. The molecular weight excluding hydrogens is 214 g/mol. The molecule has 17 heavy (non-hydrogen) atoms. The van der Waals surface area contributed by atoms with E-state index in [1.165, 1.54) is 32.4 Å². The Morgan fingerprint density at radius 2 is 1.88 bits per heavy atom. The largest absolute Gasteiger partial charge is 0.378 e. The smallest absolute Gasteiger partial charge is 0.0645 e. The van der Waals surface area contributed by atoms with Gasteiger partial charge in [0.15, 0.2) is 0 Å². The van der Waals surface area contributed by atoms with E-state index in [4.69, 9.17) is 10.5 Å². The van der Waals surface area contributed by atoms with Crippen LogP contribution in [0.3, 0.4) is 0 Å². The maximum atomic E-state index is 6.25. The standard InChI is InChI=1S/C13H25N3O/c14-13-7-15-4-1-12(13)10-2-5-16(6-3-10)11-8-17-9-11/h10-13,15H,1-9,14H2. The maximum Gasteiger partial charge on any atom is 0.0645 e. The summed E-state index contributed by atoms with van der Waals surface area (Å²) in [5, 5.41) is 3.40. The summed E-state index contributed by atoms with van der Waals surface area (Å²) in [6, 6.07) is 1.10. The van der Waals surface area contributed by atoms with E-state index in [0.29, 0.717) is 6.04 Å². The van der Waals surface area contributed by atoms with Gasteiger partial charge in [-0.25, -0.2) is 0 Å². The van der Waals surface area contributed by atoms with Crippen molar-refractivity contribution in [2.75, 3.05) is 39.4 Å². The molecule has 3 aliphatic rings. The summed E-state index contributed by atoms with van der Waals surface area (Å²) in [5.41, 5.74) is 6.25. The van der Waals surface area contributed by atoms with Gasteiger partial charge in [0.1, 0.15) is 0 Å². The minimum absolute atomic E-state index is 0.382. The van der Waals surface area contributed by atoms with E-state index in [1.54, 1.807) is 0 Å². The Balaban J connectivity index is 1.49. The van der Waals surface area contributed by atoms with Gasteiger partial charge in [-0.05, 0) is 50.7 Å². The second kappa shape index (κ2) is 5.22. The third-order valence-corrected chi connectivity index (χ3v) is 4.90. The van der Waals surface area contributed by atoms with Crippen LogP contribution in [-0.4, -0.2) is 56.4 Å². The lowest BCUT2D eigenvalue weighted by Crippen LogP contribution is -2.54. The number of ether oxygens (including phenoxy) is 1. The summed E-state index contributed by atoms with van der Waals surface area (Å²) in [6.07, 6.45) is 3.96. The van der Waals surface area contributed by atoms with Crippen molar-refractivity contribution in [2.45, 2.75) is 31.3 Å². The van der Waals surface area contributed by atoms with Crippen molar-refractivity contribution in [3.8, 4) is 0 Å². The Kier molecular flexibility index (Phi) is 3.66. The van der Waals surface area contributed by atoms with Gasteiger partial charge in [0, 0.05) is 12.6 Å². The Labute approximate surface area is 104 Å². The highest BCUT2D eigenvalue weighted by atomic mass is 16.5. The number of nitrogens with one attached hydrogen (secondary N) is 1. The molecule has 0 aromatic heterocycles. The first-order valence-corrected chi connectivity index (χ1v) is 7.12. The van der Waals surface area contributed by atoms with Gasteiger partial charge in [-0.2, -0.15) is 0 Å². The minimum atomic E-state index is 0.382. The van der Waals surface area contributed by atoms with Gasteiger partial charge >= 0.3 is 0 Å². The molecule has 0 aromatic carbocycles.